The van der Waals surface area contributed by atoms with Crippen molar-refractivity contribution < 1.29 is 9.21 Å². The van der Waals surface area contributed by atoms with Crippen molar-refractivity contribution in [3.05, 3.63) is 48.4 Å². The molecule has 0 saturated carbocycles. The van der Waals surface area contributed by atoms with E-state index in [1.165, 1.54) is 19.2 Å². The third-order valence-corrected chi connectivity index (χ3v) is 4.22. The van der Waals surface area contributed by atoms with E-state index in [1.54, 1.807) is 18.5 Å². The standard InChI is InChI=1S/C17H22N4O2/c22-17(16-6-7-18-13-20-16)19-8-5-14-3-1-9-21(11-14)12-15-4-2-10-23-15/h2,4,6-7,10,13-14H,1,3,5,8-9,11-12H2,(H,19,22). The number of carbonyl (C=O) groups excluding carboxylic acids is 1. The van der Waals surface area contributed by atoms with Gasteiger partial charge in [0.25, 0.3) is 5.91 Å². The first-order chi connectivity index (χ1) is 11.3. The predicted octanol–water partition coefficient (Wildman–Crippen LogP) is 2.10. The van der Waals surface area contributed by atoms with E-state index in [1.807, 2.05) is 12.1 Å². The molecule has 1 N–H and O–H groups in total. The van der Waals surface area contributed by atoms with Crippen LogP contribution in [0.25, 0.3) is 0 Å². The Balaban J connectivity index is 1.40. The first-order valence-electron chi connectivity index (χ1n) is 8.10. The van der Waals surface area contributed by atoms with Crippen LogP contribution in [0.2, 0.25) is 0 Å². The molecule has 0 bridgehead atoms. The van der Waals surface area contributed by atoms with E-state index >= 15 is 0 Å². The molecule has 1 aliphatic heterocycles. The van der Waals surface area contributed by atoms with Gasteiger partial charge in [-0.3, -0.25) is 9.69 Å². The van der Waals surface area contributed by atoms with Gasteiger partial charge in [-0.15, -0.1) is 0 Å². The number of furan rings is 1. The Kier molecular flexibility index (Phi) is 5.37. The maximum absolute atomic E-state index is 11.9. The van der Waals surface area contributed by atoms with Gasteiger partial charge < -0.3 is 9.73 Å². The fraction of sp³-hybridized carbons (Fsp3) is 0.471. The summed E-state index contributed by atoms with van der Waals surface area (Å²) in [6, 6.07) is 5.58. The number of hydrogen-bond donors (Lipinski definition) is 1. The van der Waals surface area contributed by atoms with Crippen LogP contribution in [0, 0.1) is 5.92 Å². The summed E-state index contributed by atoms with van der Waals surface area (Å²) >= 11 is 0. The molecule has 3 rings (SSSR count). The Morgan fingerprint density at radius 1 is 1.43 bits per heavy atom. The van der Waals surface area contributed by atoms with Gasteiger partial charge in [0, 0.05) is 19.3 Å². The Morgan fingerprint density at radius 2 is 2.39 bits per heavy atom. The molecule has 1 fully saturated rings. The van der Waals surface area contributed by atoms with Gasteiger partial charge in [-0.05, 0) is 49.9 Å². The fourth-order valence-corrected chi connectivity index (χ4v) is 3.06. The number of nitrogens with zero attached hydrogens (tertiary/aromatic N) is 3. The smallest absolute Gasteiger partial charge is 0.270 e. The van der Waals surface area contributed by atoms with Gasteiger partial charge in [0.1, 0.15) is 17.8 Å². The summed E-state index contributed by atoms with van der Waals surface area (Å²) in [5.74, 6) is 1.50. The average molecular weight is 314 g/mol. The third kappa shape index (κ3) is 4.63. The summed E-state index contributed by atoms with van der Waals surface area (Å²) in [6.45, 7) is 3.73. The lowest BCUT2D eigenvalue weighted by Gasteiger charge is -2.32. The van der Waals surface area contributed by atoms with Crippen molar-refractivity contribution in [2.45, 2.75) is 25.8 Å². The molecule has 23 heavy (non-hydrogen) atoms. The molecule has 2 aromatic rings. The number of amides is 1. The van der Waals surface area contributed by atoms with Crippen molar-refractivity contribution >= 4 is 5.91 Å². The van der Waals surface area contributed by atoms with Gasteiger partial charge in [0.05, 0.1) is 12.8 Å². The molecule has 6 heteroatoms. The molecule has 0 spiro atoms. The zero-order chi connectivity index (χ0) is 15.9. The molecule has 1 unspecified atom stereocenters. The van der Waals surface area contributed by atoms with Crippen LogP contribution in [0.3, 0.4) is 0 Å². The number of aromatic nitrogens is 2. The minimum Gasteiger partial charge on any atom is -0.468 e. The highest BCUT2D eigenvalue weighted by molar-refractivity contribution is 5.91. The summed E-state index contributed by atoms with van der Waals surface area (Å²) in [5, 5.41) is 2.94. The normalized spacial score (nSPS) is 18.7. The SMILES string of the molecule is O=C(NCCC1CCCN(Cc2ccco2)C1)c1ccncn1. The molecule has 1 aliphatic rings. The fourth-order valence-electron chi connectivity index (χ4n) is 3.06. The lowest BCUT2D eigenvalue weighted by atomic mass is 9.94. The Bertz CT molecular complexity index is 600. The van der Waals surface area contributed by atoms with Crippen molar-refractivity contribution in [2.24, 2.45) is 5.92 Å². The molecule has 2 aromatic heterocycles. The topological polar surface area (TPSA) is 71.3 Å². The van der Waals surface area contributed by atoms with Gasteiger partial charge in [-0.1, -0.05) is 0 Å². The van der Waals surface area contributed by atoms with E-state index in [4.69, 9.17) is 4.42 Å². The van der Waals surface area contributed by atoms with E-state index < -0.39 is 0 Å². The molecule has 6 nitrogen and oxygen atoms in total. The minimum absolute atomic E-state index is 0.129. The van der Waals surface area contributed by atoms with Gasteiger partial charge >= 0.3 is 0 Å². The largest absolute Gasteiger partial charge is 0.468 e. The first-order valence-corrected chi connectivity index (χ1v) is 8.10. The van der Waals surface area contributed by atoms with Crippen molar-refractivity contribution in [3.8, 4) is 0 Å². The summed E-state index contributed by atoms with van der Waals surface area (Å²) < 4.78 is 5.42. The number of piperidine rings is 1. The van der Waals surface area contributed by atoms with E-state index in [0.717, 1.165) is 31.8 Å². The summed E-state index contributed by atoms with van der Waals surface area (Å²) in [7, 11) is 0. The number of rotatable bonds is 6. The molecule has 0 aromatic carbocycles. The second kappa shape index (κ2) is 7.87. The van der Waals surface area contributed by atoms with E-state index in [0.29, 0.717) is 18.2 Å². The quantitative estimate of drug-likeness (QED) is 0.884. The van der Waals surface area contributed by atoms with Gasteiger partial charge in [-0.25, -0.2) is 9.97 Å². The van der Waals surface area contributed by atoms with Crippen LogP contribution in [-0.2, 0) is 6.54 Å². The van der Waals surface area contributed by atoms with Crippen molar-refractivity contribution in [3.63, 3.8) is 0 Å². The van der Waals surface area contributed by atoms with Crippen LogP contribution in [0.15, 0.2) is 41.4 Å². The summed E-state index contributed by atoms with van der Waals surface area (Å²) in [6.07, 6.45) is 8.10. The van der Waals surface area contributed by atoms with Crippen LogP contribution in [0.4, 0.5) is 0 Å². The lowest BCUT2D eigenvalue weighted by Crippen LogP contribution is -2.36. The Hall–Kier alpha value is -2.21. The first kappa shape index (κ1) is 15.7. The maximum atomic E-state index is 11.9. The number of nitrogens with one attached hydrogen (secondary N) is 1. The van der Waals surface area contributed by atoms with Crippen LogP contribution in [0.1, 0.15) is 35.5 Å². The Labute approximate surface area is 135 Å². The predicted molar refractivity (Wildman–Crippen MR) is 85.7 cm³/mol. The minimum atomic E-state index is -0.129. The van der Waals surface area contributed by atoms with Gasteiger partial charge in [-0.2, -0.15) is 0 Å². The maximum Gasteiger partial charge on any atom is 0.270 e. The lowest BCUT2D eigenvalue weighted by molar-refractivity contribution is 0.0940. The number of hydrogen-bond acceptors (Lipinski definition) is 5. The highest BCUT2D eigenvalue weighted by Gasteiger charge is 2.20. The summed E-state index contributed by atoms with van der Waals surface area (Å²) in [5.41, 5.74) is 0.420. The zero-order valence-corrected chi connectivity index (χ0v) is 13.1. The number of likely N-dealkylation sites (tertiary alicyclic amines) is 1. The van der Waals surface area contributed by atoms with Crippen molar-refractivity contribution in [1.29, 1.82) is 0 Å². The molecule has 0 aliphatic carbocycles. The zero-order valence-electron chi connectivity index (χ0n) is 13.1. The highest BCUT2D eigenvalue weighted by Crippen LogP contribution is 2.21. The van der Waals surface area contributed by atoms with Crippen LogP contribution >= 0.6 is 0 Å². The number of carbonyl (C=O) groups is 1. The molecule has 1 amide bonds. The van der Waals surface area contributed by atoms with E-state index in [2.05, 4.69) is 20.2 Å². The van der Waals surface area contributed by atoms with Crippen LogP contribution in [0.5, 0.6) is 0 Å². The summed E-state index contributed by atoms with van der Waals surface area (Å²) in [4.78, 5) is 22.1. The molecular formula is C17H22N4O2. The molecule has 1 atom stereocenters. The molecular weight excluding hydrogens is 292 g/mol. The van der Waals surface area contributed by atoms with Crippen LogP contribution < -0.4 is 5.32 Å². The molecule has 1 saturated heterocycles. The Morgan fingerprint density at radius 3 is 3.17 bits per heavy atom. The second-order valence-electron chi connectivity index (χ2n) is 5.96. The van der Waals surface area contributed by atoms with Crippen molar-refractivity contribution in [2.75, 3.05) is 19.6 Å². The molecule has 0 radical (unpaired) electrons. The molecule has 3 heterocycles. The highest BCUT2D eigenvalue weighted by atomic mass is 16.3. The average Bonchev–Trinajstić information content (AvgIpc) is 3.09. The third-order valence-electron chi connectivity index (χ3n) is 4.22. The second-order valence-corrected chi connectivity index (χ2v) is 5.96. The van der Waals surface area contributed by atoms with Gasteiger partial charge in [0.2, 0.25) is 0 Å². The van der Waals surface area contributed by atoms with E-state index in [-0.39, 0.29) is 5.91 Å². The van der Waals surface area contributed by atoms with E-state index in [9.17, 15) is 4.79 Å². The molecule has 122 valence electrons. The monoisotopic (exact) mass is 314 g/mol. The van der Waals surface area contributed by atoms with Crippen LogP contribution in [-0.4, -0.2) is 40.4 Å². The van der Waals surface area contributed by atoms with Gasteiger partial charge in [0.15, 0.2) is 0 Å². The van der Waals surface area contributed by atoms with Crippen molar-refractivity contribution in [1.82, 2.24) is 20.2 Å².